The van der Waals surface area contributed by atoms with Crippen molar-refractivity contribution in [1.29, 1.82) is 0 Å². The van der Waals surface area contributed by atoms with E-state index in [4.69, 9.17) is 14.2 Å². The maximum absolute atomic E-state index is 9.90. The van der Waals surface area contributed by atoms with Gasteiger partial charge in [-0.1, -0.05) is 30.3 Å². The summed E-state index contributed by atoms with van der Waals surface area (Å²) in [4.78, 5) is 0. The van der Waals surface area contributed by atoms with Crippen molar-refractivity contribution in [3.8, 4) is 0 Å². The van der Waals surface area contributed by atoms with Gasteiger partial charge in [0.15, 0.2) is 0 Å². The van der Waals surface area contributed by atoms with Gasteiger partial charge in [-0.05, 0) is 12.0 Å². The molecule has 0 aliphatic rings. The van der Waals surface area contributed by atoms with Crippen molar-refractivity contribution in [3.05, 3.63) is 35.9 Å². The van der Waals surface area contributed by atoms with E-state index in [1.165, 1.54) is 0 Å². The summed E-state index contributed by atoms with van der Waals surface area (Å²) in [5, 5.41) is 9.90. The van der Waals surface area contributed by atoms with Gasteiger partial charge >= 0.3 is 0 Å². The summed E-state index contributed by atoms with van der Waals surface area (Å²) >= 11 is 0. The summed E-state index contributed by atoms with van der Waals surface area (Å²) in [7, 11) is 1.68. The van der Waals surface area contributed by atoms with Crippen LogP contribution in [0.1, 0.15) is 24.5 Å². The van der Waals surface area contributed by atoms with E-state index >= 15 is 0 Å². The molecule has 0 aliphatic heterocycles. The van der Waals surface area contributed by atoms with Gasteiger partial charge in [0.25, 0.3) is 0 Å². The Bertz CT molecular complexity index is 302. The number of aliphatic hydroxyl groups excluding tert-OH is 1. The first-order valence-corrected chi connectivity index (χ1v) is 6.72. The summed E-state index contributed by atoms with van der Waals surface area (Å²) in [5.74, 6) is 0. The van der Waals surface area contributed by atoms with E-state index in [2.05, 4.69) is 0 Å². The summed E-state index contributed by atoms with van der Waals surface area (Å²) < 4.78 is 15.7. The zero-order chi connectivity index (χ0) is 13.8. The molecule has 108 valence electrons. The third-order valence-electron chi connectivity index (χ3n) is 2.73. The highest BCUT2D eigenvalue weighted by Crippen LogP contribution is 2.15. The smallest absolute Gasteiger partial charge is 0.0812 e. The van der Waals surface area contributed by atoms with E-state index in [-0.39, 0.29) is 0 Å². The van der Waals surface area contributed by atoms with Crippen LogP contribution in [0.25, 0.3) is 0 Å². The molecule has 0 aliphatic carbocycles. The number of hydrogen-bond acceptors (Lipinski definition) is 4. The Morgan fingerprint density at radius 3 is 2.32 bits per heavy atom. The molecule has 1 atom stereocenters. The van der Waals surface area contributed by atoms with Gasteiger partial charge in [0.05, 0.1) is 19.3 Å². The van der Waals surface area contributed by atoms with E-state index in [0.717, 1.165) is 18.6 Å². The molecule has 1 rings (SSSR count). The van der Waals surface area contributed by atoms with Crippen LogP contribution in [0, 0.1) is 0 Å². The first kappa shape index (κ1) is 16.1. The Morgan fingerprint density at radius 2 is 1.63 bits per heavy atom. The molecule has 0 bridgehead atoms. The van der Waals surface area contributed by atoms with Gasteiger partial charge in [0, 0.05) is 33.4 Å². The predicted octanol–water partition coefficient (Wildman–Crippen LogP) is 2.18. The Morgan fingerprint density at radius 1 is 0.947 bits per heavy atom. The van der Waals surface area contributed by atoms with E-state index in [1.807, 2.05) is 30.3 Å². The minimum atomic E-state index is -0.455. The molecule has 4 nitrogen and oxygen atoms in total. The van der Waals surface area contributed by atoms with Gasteiger partial charge in [-0.3, -0.25) is 0 Å². The van der Waals surface area contributed by atoms with Crippen molar-refractivity contribution in [1.82, 2.24) is 0 Å². The fourth-order valence-electron chi connectivity index (χ4n) is 1.66. The lowest BCUT2D eigenvalue weighted by Gasteiger charge is -2.11. The fraction of sp³-hybridized carbons (Fsp3) is 0.600. The molecule has 1 N–H and O–H groups in total. The first-order valence-electron chi connectivity index (χ1n) is 6.72. The second-order valence-corrected chi connectivity index (χ2v) is 4.29. The van der Waals surface area contributed by atoms with Crippen LogP contribution >= 0.6 is 0 Å². The standard InChI is InChI=1S/C15H24O4/c1-17-9-5-10-18-12-13-19-11-8-15(16)14-6-3-2-4-7-14/h2-4,6-7,15-16H,5,8-13H2,1H3. The normalized spacial score (nSPS) is 12.5. The van der Waals surface area contributed by atoms with Crippen molar-refractivity contribution < 1.29 is 19.3 Å². The monoisotopic (exact) mass is 268 g/mol. The highest BCUT2D eigenvalue weighted by molar-refractivity contribution is 5.16. The fourth-order valence-corrected chi connectivity index (χ4v) is 1.66. The van der Waals surface area contributed by atoms with E-state index in [1.54, 1.807) is 7.11 Å². The molecular weight excluding hydrogens is 244 g/mol. The van der Waals surface area contributed by atoms with Crippen molar-refractivity contribution >= 4 is 0 Å². The van der Waals surface area contributed by atoms with Crippen LogP contribution in [0.4, 0.5) is 0 Å². The van der Waals surface area contributed by atoms with Crippen molar-refractivity contribution in [2.24, 2.45) is 0 Å². The number of aliphatic hydroxyl groups is 1. The highest BCUT2D eigenvalue weighted by Gasteiger charge is 2.05. The van der Waals surface area contributed by atoms with Crippen LogP contribution < -0.4 is 0 Å². The molecule has 0 spiro atoms. The molecule has 1 aromatic carbocycles. The second kappa shape index (κ2) is 10.9. The van der Waals surface area contributed by atoms with Gasteiger partial charge < -0.3 is 19.3 Å². The molecule has 0 radical (unpaired) electrons. The minimum absolute atomic E-state index is 0.455. The maximum atomic E-state index is 9.90. The SMILES string of the molecule is COCCCOCCOCCC(O)c1ccccc1. The third kappa shape index (κ3) is 7.95. The number of ether oxygens (including phenoxy) is 3. The van der Waals surface area contributed by atoms with Gasteiger partial charge in [0.1, 0.15) is 0 Å². The molecule has 0 saturated carbocycles. The molecule has 4 heteroatoms. The van der Waals surface area contributed by atoms with Crippen LogP contribution in [0.5, 0.6) is 0 Å². The lowest BCUT2D eigenvalue weighted by molar-refractivity contribution is 0.0269. The zero-order valence-electron chi connectivity index (χ0n) is 11.6. The zero-order valence-corrected chi connectivity index (χ0v) is 11.6. The van der Waals surface area contributed by atoms with Crippen LogP contribution in [0.3, 0.4) is 0 Å². The largest absolute Gasteiger partial charge is 0.388 e. The van der Waals surface area contributed by atoms with Crippen LogP contribution in [-0.2, 0) is 14.2 Å². The molecule has 1 unspecified atom stereocenters. The molecule has 19 heavy (non-hydrogen) atoms. The number of benzene rings is 1. The molecule has 0 aromatic heterocycles. The average molecular weight is 268 g/mol. The molecule has 0 amide bonds. The van der Waals surface area contributed by atoms with Gasteiger partial charge in [-0.15, -0.1) is 0 Å². The van der Waals surface area contributed by atoms with Gasteiger partial charge in [-0.2, -0.15) is 0 Å². The molecule has 0 heterocycles. The first-order chi connectivity index (χ1) is 9.34. The lowest BCUT2D eigenvalue weighted by Crippen LogP contribution is -2.09. The van der Waals surface area contributed by atoms with Crippen molar-refractivity contribution in [2.75, 3.05) is 40.1 Å². The highest BCUT2D eigenvalue weighted by atomic mass is 16.5. The number of methoxy groups -OCH3 is 1. The van der Waals surface area contributed by atoms with Gasteiger partial charge in [0.2, 0.25) is 0 Å². The molecule has 0 fully saturated rings. The molecular formula is C15H24O4. The Kier molecular flexibility index (Phi) is 9.27. The lowest BCUT2D eigenvalue weighted by atomic mass is 10.1. The second-order valence-electron chi connectivity index (χ2n) is 4.29. The third-order valence-corrected chi connectivity index (χ3v) is 2.73. The average Bonchev–Trinajstić information content (AvgIpc) is 2.46. The van der Waals surface area contributed by atoms with Crippen LogP contribution in [0.15, 0.2) is 30.3 Å². The molecule has 0 saturated heterocycles. The topological polar surface area (TPSA) is 47.9 Å². The summed E-state index contributed by atoms with van der Waals surface area (Å²) in [6.45, 7) is 3.12. The Hall–Kier alpha value is -0.940. The quantitative estimate of drug-likeness (QED) is 0.625. The van der Waals surface area contributed by atoms with Crippen molar-refractivity contribution in [3.63, 3.8) is 0 Å². The predicted molar refractivity (Wildman–Crippen MR) is 74.1 cm³/mol. The number of hydrogen-bond donors (Lipinski definition) is 1. The summed E-state index contributed by atoms with van der Waals surface area (Å²) in [6, 6.07) is 9.63. The molecule has 1 aromatic rings. The van der Waals surface area contributed by atoms with Crippen LogP contribution in [-0.4, -0.2) is 45.3 Å². The summed E-state index contributed by atoms with van der Waals surface area (Å²) in [5.41, 5.74) is 0.932. The number of rotatable bonds is 11. The summed E-state index contributed by atoms with van der Waals surface area (Å²) in [6.07, 6.45) is 1.06. The van der Waals surface area contributed by atoms with Crippen molar-refractivity contribution in [2.45, 2.75) is 18.9 Å². The minimum Gasteiger partial charge on any atom is -0.388 e. The Labute approximate surface area is 115 Å². The maximum Gasteiger partial charge on any atom is 0.0812 e. The van der Waals surface area contributed by atoms with E-state index < -0.39 is 6.10 Å². The van der Waals surface area contributed by atoms with Crippen LogP contribution in [0.2, 0.25) is 0 Å². The van der Waals surface area contributed by atoms with E-state index in [0.29, 0.717) is 32.8 Å². The van der Waals surface area contributed by atoms with Gasteiger partial charge in [-0.25, -0.2) is 0 Å². The Balaban J connectivity index is 1.93. The van der Waals surface area contributed by atoms with E-state index in [9.17, 15) is 5.11 Å².